The number of imidazole rings is 1. The zero-order chi connectivity index (χ0) is 13.2. The number of nitrogens with zero attached hydrogens (tertiary/aromatic N) is 2. The smallest absolute Gasteiger partial charge is 0.211 e. The number of sulfonamides is 1. The first-order chi connectivity index (χ1) is 8.47. The van der Waals surface area contributed by atoms with Crippen molar-refractivity contribution in [3.05, 3.63) is 18.2 Å². The fourth-order valence-corrected chi connectivity index (χ4v) is 3.41. The highest BCUT2D eigenvalue weighted by Crippen LogP contribution is 2.25. The Morgan fingerprint density at radius 2 is 2.44 bits per heavy atom. The second kappa shape index (κ2) is 5.38. The van der Waals surface area contributed by atoms with Gasteiger partial charge in [-0.3, -0.25) is 0 Å². The minimum atomic E-state index is -3.08. The van der Waals surface area contributed by atoms with Crippen LogP contribution in [-0.4, -0.2) is 42.0 Å². The fourth-order valence-electron chi connectivity index (χ4n) is 2.47. The van der Waals surface area contributed by atoms with E-state index >= 15 is 0 Å². The van der Waals surface area contributed by atoms with Crippen LogP contribution in [0.2, 0.25) is 0 Å². The van der Waals surface area contributed by atoms with Crippen LogP contribution < -0.4 is 5.73 Å². The number of aromatic amines is 1. The first kappa shape index (κ1) is 13.5. The Labute approximate surface area is 108 Å². The van der Waals surface area contributed by atoms with Gasteiger partial charge in [-0.1, -0.05) is 0 Å². The van der Waals surface area contributed by atoms with Gasteiger partial charge in [-0.25, -0.2) is 17.7 Å². The van der Waals surface area contributed by atoms with E-state index in [0.717, 1.165) is 25.1 Å². The highest BCUT2D eigenvalue weighted by molar-refractivity contribution is 7.88. The van der Waals surface area contributed by atoms with E-state index in [1.165, 1.54) is 6.26 Å². The number of H-pyrrole nitrogens is 1. The SMILES string of the molecule is CS(=O)(=O)N1CCCC(CC(N)c2ncc[nH]2)C1. The summed E-state index contributed by atoms with van der Waals surface area (Å²) in [7, 11) is -3.08. The van der Waals surface area contributed by atoms with Gasteiger partial charge >= 0.3 is 0 Å². The number of nitrogens with one attached hydrogen (secondary N) is 1. The third-order valence-electron chi connectivity index (χ3n) is 3.41. The molecule has 2 heterocycles. The van der Waals surface area contributed by atoms with E-state index in [1.54, 1.807) is 16.7 Å². The lowest BCUT2D eigenvalue weighted by Crippen LogP contribution is -2.40. The predicted molar refractivity (Wildman–Crippen MR) is 69.3 cm³/mol. The molecule has 0 aromatic carbocycles. The summed E-state index contributed by atoms with van der Waals surface area (Å²) >= 11 is 0. The molecule has 1 saturated heterocycles. The molecule has 0 aliphatic carbocycles. The van der Waals surface area contributed by atoms with Gasteiger partial charge in [0.05, 0.1) is 12.3 Å². The van der Waals surface area contributed by atoms with Crippen LogP contribution in [0.4, 0.5) is 0 Å². The van der Waals surface area contributed by atoms with Crippen molar-refractivity contribution in [1.29, 1.82) is 0 Å². The molecule has 3 N–H and O–H groups in total. The van der Waals surface area contributed by atoms with Gasteiger partial charge in [0.15, 0.2) is 0 Å². The number of hydrogen-bond acceptors (Lipinski definition) is 4. The molecule has 0 bridgehead atoms. The molecular weight excluding hydrogens is 252 g/mol. The molecule has 2 unspecified atom stereocenters. The summed E-state index contributed by atoms with van der Waals surface area (Å²) in [6, 6.07) is -0.149. The Morgan fingerprint density at radius 3 is 3.06 bits per heavy atom. The van der Waals surface area contributed by atoms with Crippen molar-refractivity contribution in [1.82, 2.24) is 14.3 Å². The van der Waals surface area contributed by atoms with Crippen LogP contribution in [0.3, 0.4) is 0 Å². The molecule has 1 aliphatic rings. The molecule has 102 valence electrons. The van der Waals surface area contributed by atoms with Crippen LogP contribution >= 0.6 is 0 Å². The molecule has 2 rings (SSSR count). The topological polar surface area (TPSA) is 92.1 Å². The lowest BCUT2D eigenvalue weighted by molar-refractivity contribution is 0.245. The molecule has 1 aliphatic heterocycles. The van der Waals surface area contributed by atoms with E-state index in [9.17, 15) is 8.42 Å². The second-order valence-electron chi connectivity index (χ2n) is 4.95. The average Bonchev–Trinajstić information content (AvgIpc) is 2.81. The fraction of sp³-hybridized carbons (Fsp3) is 0.727. The van der Waals surface area contributed by atoms with Crippen LogP contribution in [0.15, 0.2) is 12.4 Å². The van der Waals surface area contributed by atoms with Crippen molar-refractivity contribution in [2.24, 2.45) is 11.7 Å². The summed E-state index contributed by atoms with van der Waals surface area (Å²) in [5.41, 5.74) is 6.06. The standard InChI is InChI=1S/C11H20N4O2S/c1-18(16,17)15-6-2-3-9(8-15)7-10(12)11-13-4-5-14-11/h4-5,9-10H,2-3,6-8,12H2,1H3,(H,13,14). The van der Waals surface area contributed by atoms with E-state index in [-0.39, 0.29) is 6.04 Å². The van der Waals surface area contributed by atoms with Gasteiger partial charge in [-0.15, -0.1) is 0 Å². The zero-order valence-electron chi connectivity index (χ0n) is 10.5. The van der Waals surface area contributed by atoms with Crippen LogP contribution in [0.5, 0.6) is 0 Å². The monoisotopic (exact) mass is 272 g/mol. The minimum absolute atomic E-state index is 0.149. The van der Waals surface area contributed by atoms with Crippen molar-refractivity contribution in [2.45, 2.75) is 25.3 Å². The van der Waals surface area contributed by atoms with Crippen molar-refractivity contribution >= 4 is 10.0 Å². The quantitative estimate of drug-likeness (QED) is 0.833. The van der Waals surface area contributed by atoms with Gasteiger partial charge in [-0.05, 0) is 25.2 Å². The first-order valence-electron chi connectivity index (χ1n) is 6.17. The lowest BCUT2D eigenvalue weighted by Gasteiger charge is -2.31. The third kappa shape index (κ3) is 3.30. The number of nitrogens with two attached hydrogens (primary N) is 1. The van der Waals surface area contributed by atoms with E-state index in [0.29, 0.717) is 19.0 Å². The number of aromatic nitrogens is 2. The molecule has 6 nitrogen and oxygen atoms in total. The van der Waals surface area contributed by atoms with Crippen molar-refractivity contribution in [2.75, 3.05) is 19.3 Å². The van der Waals surface area contributed by atoms with E-state index in [4.69, 9.17) is 5.73 Å². The average molecular weight is 272 g/mol. The van der Waals surface area contributed by atoms with Crippen LogP contribution in [-0.2, 0) is 10.0 Å². The van der Waals surface area contributed by atoms with Gasteiger partial charge in [0.2, 0.25) is 10.0 Å². The molecule has 1 fully saturated rings. The summed E-state index contributed by atoms with van der Waals surface area (Å²) in [4.78, 5) is 7.14. The Kier molecular flexibility index (Phi) is 4.04. The Morgan fingerprint density at radius 1 is 1.67 bits per heavy atom. The molecular formula is C11H20N4O2S. The van der Waals surface area contributed by atoms with Crippen molar-refractivity contribution < 1.29 is 8.42 Å². The third-order valence-corrected chi connectivity index (χ3v) is 4.68. The molecule has 7 heteroatoms. The highest BCUT2D eigenvalue weighted by Gasteiger charge is 2.27. The molecule has 2 atom stereocenters. The molecule has 0 amide bonds. The number of piperidine rings is 1. The largest absolute Gasteiger partial charge is 0.347 e. The van der Waals surface area contributed by atoms with Gasteiger partial charge in [0.1, 0.15) is 5.82 Å². The van der Waals surface area contributed by atoms with Crippen LogP contribution in [0, 0.1) is 5.92 Å². The maximum atomic E-state index is 11.5. The lowest BCUT2D eigenvalue weighted by atomic mass is 9.92. The summed E-state index contributed by atoms with van der Waals surface area (Å²) in [6.45, 7) is 1.21. The number of rotatable bonds is 4. The van der Waals surface area contributed by atoms with E-state index in [2.05, 4.69) is 9.97 Å². The molecule has 1 aromatic rings. The Hall–Kier alpha value is -0.920. The van der Waals surface area contributed by atoms with Crippen LogP contribution in [0.25, 0.3) is 0 Å². The normalized spacial score (nSPS) is 24.0. The Balaban J connectivity index is 1.94. The van der Waals surface area contributed by atoms with E-state index in [1.807, 2.05) is 0 Å². The van der Waals surface area contributed by atoms with E-state index < -0.39 is 10.0 Å². The Bertz CT molecular complexity index is 471. The van der Waals surface area contributed by atoms with Gasteiger partial charge in [-0.2, -0.15) is 0 Å². The molecule has 0 radical (unpaired) electrons. The summed E-state index contributed by atoms with van der Waals surface area (Å²) < 4.78 is 24.6. The predicted octanol–water partition coefficient (Wildman–Crippen LogP) is 0.471. The maximum Gasteiger partial charge on any atom is 0.211 e. The maximum absolute atomic E-state index is 11.5. The molecule has 0 saturated carbocycles. The minimum Gasteiger partial charge on any atom is -0.347 e. The van der Waals surface area contributed by atoms with Gasteiger partial charge in [0.25, 0.3) is 0 Å². The summed E-state index contributed by atoms with van der Waals surface area (Å²) in [5, 5.41) is 0. The summed E-state index contributed by atoms with van der Waals surface area (Å²) in [6.07, 6.45) is 7.39. The summed E-state index contributed by atoms with van der Waals surface area (Å²) in [5.74, 6) is 1.08. The molecule has 1 aromatic heterocycles. The molecule has 0 spiro atoms. The van der Waals surface area contributed by atoms with Crippen LogP contribution in [0.1, 0.15) is 31.1 Å². The first-order valence-corrected chi connectivity index (χ1v) is 8.01. The van der Waals surface area contributed by atoms with Crippen molar-refractivity contribution in [3.8, 4) is 0 Å². The van der Waals surface area contributed by atoms with Gasteiger partial charge < -0.3 is 10.7 Å². The zero-order valence-corrected chi connectivity index (χ0v) is 11.4. The van der Waals surface area contributed by atoms with Crippen molar-refractivity contribution in [3.63, 3.8) is 0 Å². The highest BCUT2D eigenvalue weighted by atomic mass is 32.2. The number of hydrogen-bond donors (Lipinski definition) is 2. The molecule has 18 heavy (non-hydrogen) atoms. The van der Waals surface area contributed by atoms with Gasteiger partial charge in [0, 0.05) is 25.5 Å². The second-order valence-corrected chi connectivity index (χ2v) is 6.93.